The summed E-state index contributed by atoms with van der Waals surface area (Å²) in [5.74, 6) is -3.43. The minimum absolute atomic E-state index is 0.0374. The molecule has 1 aromatic heterocycles. The molecular weight excluding hydrogens is 373 g/mol. The van der Waals surface area contributed by atoms with Gasteiger partial charge in [0.25, 0.3) is 0 Å². The molecule has 4 atom stereocenters. The largest absolute Gasteiger partial charge is 0.481 e. The lowest BCUT2D eigenvalue weighted by Gasteiger charge is -2.36. The Balaban J connectivity index is 2.46. The second-order valence-corrected chi connectivity index (χ2v) is 8.01. The van der Waals surface area contributed by atoms with E-state index >= 15 is 4.39 Å². The van der Waals surface area contributed by atoms with Crippen LogP contribution in [0.4, 0.5) is 10.2 Å². The van der Waals surface area contributed by atoms with Crippen molar-refractivity contribution >= 4 is 17.8 Å². The van der Waals surface area contributed by atoms with Gasteiger partial charge in [0.05, 0.1) is 11.3 Å². The number of esters is 1. The van der Waals surface area contributed by atoms with Crippen molar-refractivity contribution in [1.29, 1.82) is 0 Å². The van der Waals surface area contributed by atoms with Gasteiger partial charge < -0.3 is 20.3 Å². The summed E-state index contributed by atoms with van der Waals surface area (Å²) < 4.78 is 27.8. The highest BCUT2D eigenvalue weighted by atomic mass is 19.1. The summed E-state index contributed by atoms with van der Waals surface area (Å²) in [4.78, 5) is 39.4. The average molecular weight is 399 g/mol. The SMILES string of the molecule is CC(C)C(=O)OC[C@@H]1O[C@@H](n2ccc(N)nc2=O)[C@](C)(F)[C@@H]1C(C)(C)C(=O)O. The molecule has 0 radical (unpaired) electrons. The Bertz CT molecular complexity index is 820. The number of rotatable bonds is 6. The van der Waals surface area contributed by atoms with Crippen molar-refractivity contribution in [2.75, 3.05) is 12.3 Å². The van der Waals surface area contributed by atoms with Gasteiger partial charge in [-0.15, -0.1) is 0 Å². The van der Waals surface area contributed by atoms with Gasteiger partial charge in [0.15, 0.2) is 11.9 Å². The monoisotopic (exact) mass is 399 g/mol. The third-order valence-electron chi connectivity index (χ3n) is 5.06. The molecule has 1 saturated heterocycles. The van der Waals surface area contributed by atoms with Crippen LogP contribution in [0.25, 0.3) is 0 Å². The van der Waals surface area contributed by atoms with Gasteiger partial charge in [0, 0.05) is 12.1 Å². The van der Waals surface area contributed by atoms with Crippen molar-refractivity contribution in [3.8, 4) is 0 Å². The number of halogens is 1. The molecule has 28 heavy (non-hydrogen) atoms. The first-order valence-electron chi connectivity index (χ1n) is 8.89. The molecule has 2 rings (SSSR count). The molecule has 0 aliphatic carbocycles. The maximum absolute atomic E-state index is 15.9. The van der Waals surface area contributed by atoms with E-state index in [1.165, 1.54) is 33.0 Å². The lowest BCUT2D eigenvalue weighted by molar-refractivity contribution is -0.158. The quantitative estimate of drug-likeness (QED) is 0.685. The molecule has 1 aliphatic heterocycles. The minimum atomic E-state index is -2.28. The lowest BCUT2D eigenvalue weighted by Crippen LogP contribution is -2.49. The fraction of sp³-hybridized carbons (Fsp3) is 0.667. The number of nitrogens with zero attached hydrogens (tertiary/aromatic N) is 2. The second-order valence-electron chi connectivity index (χ2n) is 8.01. The van der Waals surface area contributed by atoms with E-state index in [4.69, 9.17) is 15.2 Å². The van der Waals surface area contributed by atoms with Crippen LogP contribution in [-0.2, 0) is 19.1 Å². The van der Waals surface area contributed by atoms with Gasteiger partial charge in [0.1, 0.15) is 18.5 Å². The Hall–Kier alpha value is -2.49. The number of hydrogen-bond acceptors (Lipinski definition) is 7. The number of carboxylic acids is 1. The standard InChI is InChI=1S/C18H26FN3O6/c1-9(2)13(23)27-8-10-12(17(3,4)15(24)25)18(5,19)14(28-10)22-7-6-11(20)21-16(22)26/h6-7,9-10,12,14H,8H2,1-5H3,(H,24,25)(H2,20,21,26)/t10-,12-,14+,18+/m0/s1. The normalized spacial score (nSPS) is 27.8. The van der Waals surface area contributed by atoms with Gasteiger partial charge in [-0.25, -0.2) is 9.18 Å². The Labute approximate surface area is 161 Å². The van der Waals surface area contributed by atoms with Gasteiger partial charge in [-0.05, 0) is 26.8 Å². The van der Waals surface area contributed by atoms with Gasteiger partial charge in [0.2, 0.25) is 0 Å². The van der Waals surface area contributed by atoms with Crippen molar-refractivity contribution in [3.05, 3.63) is 22.7 Å². The third kappa shape index (κ3) is 3.87. The number of ether oxygens (including phenoxy) is 2. The molecule has 10 heteroatoms. The molecule has 0 amide bonds. The Morgan fingerprint density at radius 1 is 1.50 bits per heavy atom. The molecule has 0 saturated carbocycles. The maximum Gasteiger partial charge on any atom is 0.351 e. The number of alkyl halides is 1. The van der Waals surface area contributed by atoms with E-state index in [1.54, 1.807) is 13.8 Å². The fourth-order valence-corrected chi connectivity index (χ4v) is 3.61. The summed E-state index contributed by atoms with van der Waals surface area (Å²) in [5.41, 5.74) is 0.789. The molecule has 0 bridgehead atoms. The van der Waals surface area contributed by atoms with E-state index in [2.05, 4.69) is 4.98 Å². The molecule has 0 spiro atoms. The molecule has 0 aromatic carbocycles. The van der Waals surface area contributed by atoms with E-state index in [9.17, 15) is 19.5 Å². The number of aromatic nitrogens is 2. The highest BCUT2D eigenvalue weighted by Crippen LogP contribution is 2.52. The van der Waals surface area contributed by atoms with Crippen molar-refractivity contribution in [2.24, 2.45) is 17.3 Å². The molecule has 9 nitrogen and oxygen atoms in total. The first-order valence-corrected chi connectivity index (χ1v) is 8.89. The number of carboxylic acid groups (broad SMARTS) is 1. The topological polar surface area (TPSA) is 134 Å². The van der Waals surface area contributed by atoms with Crippen LogP contribution in [0.3, 0.4) is 0 Å². The van der Waals surface area contributed by atoms with Crippen LogP contribution in [0.2, 0.25) is 0 Å². The molecule has 0 unspecified atom stereocenters. The van der Waals surface area contributed by atoms with Crippen LogP contribution in [0, 0.1) is 17.3 Å². The molecule has 1 aliphatic rings. The molecule has 156 valence electrons. The van der Waals surface area contributed by atoms with E-state index in [-0.39, 0.29) is 12.4 Å². The van der Waals surface area contributed by atoms with Crippen LogP contribution in [0.15, 0.2) is 17.1 Å². The number of anilines is 1. The first kappa shape index (κ1) is 21.8. The third-order valence-corrected chi connectivity index (χ3v) is 5.06. The Kier molecular flexibility index (Phi) is 5.84. The van der Waals surface area contributed by atoms with Crippen molar-refractivity contribution in [2.45, 2.75) is 52.6 Å². The Morgan fingerprint density at radius 3 is 2.61 bits per heavy atom. The summed E-state index contributed by atoms with van der Waals surface area (Å²) in [6, 6.07) is 1.31. The zero-order chi connectivity index (χ0) is 21.4. The van der Waals surface area contributed by atoms with Crippen LogP contribution in [0.5, 0.6) is 0 Å². The number of nitrogen functional groups attached to an aromatic ring is 1. The highest BCUT2D eigenvalue weighted by molar-refractivity contribution is 5.74. The fourth-order valence-electron chi connectivity index (χ4n) is 3.61. The van der Waals surface area contributed by atoms with Crippen LogP contribution in [-0.4, -0.2) is 45.0 Å². The average Bonchev–Trinajstić information content (AvgIpc) is 2.83. The summed E-state index contributed by atoms with van der Waals surface area (Å²) in [7, 11) is 0. The molecular formula is C18H26FN3O6. The van der Waals surface area contributed by atoms with Gasteiger partial charge in [-0.2, -0.15) is 4.98 Å². The van der Waals surface area contributed by atoms with E-state index in [1.807, 2.05) is 0 Å². The van der Waals surface area contributed by atoms with Crippen LogP contribution in [0.1, 0.15) is 40.8 Å². The smallest absolute Gasteiger partial charge is 0.351 e. The van der Waals surface area contributed by atoms with Crippen LogP contribution >= 0.6 is 0 Å². The zero-order valence-corrected chi connectivity index (χ0v) is 16.5. The minimum Gasteiger partial charge on any atom is -0.481 e. The van der Waals surface area contributed by atoms with E-state index in [0.717, 1.165) is 4.57 Å². The predicted octanol–water partition coefficient (Wildman–Crippen LogP) is 1.38. The van der Waals surface area contributed by atoms with Gasteiger partial charge in [-0.1, -0.05) is 13.8 Å². The van der Waals surface area contributed by atoms with E-state index in [0.29, 0.717) is 0 Å². The number of aliphatic carboxylic acids is 1. The first-order chi connectivity index (χ1) is 12.8. The zero-order valence-electron chi connectivity index (χ0n) is 16.5. The van der Waals surface area contributed by atoms with Gasteiger partial charge >= 0.3 is 17.6 Å². The van der Waals surface area contributed by atoms with Gasteiger partial charge in [-0.3, -0.25) is 14.2 Å². The predicted molar refractivity (Wildman–Crippen MR) is 97.0 cm³/mol. The Morgan fingerprint density at radius 2 is 2.11 bits per heavy atom. The molecule has 2 heterocycles. The molecule has 1 fully saturated rings. The molecule has 3 N–H and O–H groups in total. The van der Waals surface area contributed by atoms with Crippen molar-refractivity contribution < 1.29 is 28.6 Å². The number of carbonyl (C=O) groups is 2. The number of hydrogen-bond donors (Lipinski definition) is 2. The second kappa shape index (κ2) is 7.50. The van der Waals surface area contributed by atoms with Crippen LogP contribution < -0.4 is 11.4 Å². The lowest BCUT2D eigenvalue weighted by atomic mass is 9.69. The maximum atomic E-state index is 15.9. The van der Waals surface area contributed by atoms with Crippen molar-refractivity contribution in [3.63, 3.8) is 0 Å². The number of carbonyl (C=O) groups excluding carboxylic acids is 1. The van der Waals surface area contributed by atoms with E-state index < -0.39 is 52.9 Å². The summed E-state index contributed by atoms with van der Waals surface area (Å²) in [6.07, 6.45) is -1.31. The highest BCUT2D eigenvalue weighted by Gasteiger charge is 2.63. The molecule has 1 aromatic rings. The number of nitrogens with two attached hydrogens (primary N) is 1. The summed E-state index contributed by atoms with van der Waals surface area (Å²) >= 11 is 0. The van der Waals surface area contributed by atoms with Crippen molar-refractivity contribution in [1.82, 2.24) is 9.55 Å². The summed E-state index contributed by atoms with van der Waals surface area (Å²) in [6.45, 7) is 6.83. The summed E-state index contributed by atoms with van der Waals surface area (Å²) in [5, 5.41) is 9.64.